The lowest BCUT2D eigenvalue weighted by molar-refractivity contribution is 0.108. The van der Waals surface area contributed by atoms with Crippen molar-refractivity contribution in [2.24, 2.45) is 0 Å². The summed E-state index contributed by atoms with van der Waals surface area (Å²) in [6.07, 6.45) is 7.49. The van der Waals surface area contributed by atoms with Gasteiger partial charge in [0.1, 0.15) is 17.6 Å². The molecule has 2 fully saturated rings. The molecular formula is C18H26N2O4. The molecule has 0 atom stereocenters. The van der Waals surface area contributed by atoms with E-state index in [4.69, 9.17) is 9.15 Å². The number of nitrogens with zero attached hydrogens (tertiary/aromatic N) is 1. The Labute approximate surface area is 142 Å². The maximum Gasteiger partial charge on any atom is 0.339 e. The number of hydrogen-bond acceptors (Lipinski definition) is 4. The van der Waals surface area contributed by atoms with E-state index in [-0.39, 0.29) is 12.1 Å². The third-order valence-corrected chi connectivity index (χ3v) is 4.83. The van der Waals surface area contributed by atoms with Crippen molar-refractivity contribution in [1.29, 1.82) is 0 Å². The Bertz CT molecular complexity index is 614. The highest BCUT2D eigenvalue weighted by Gasteiger charge is 2.26. The van der Waals surface area contributed by atoms with E-state index < -0.39 is 5.63 Å². The predicted octanol–water partition coefficient (Wildman–Crippen LogP) is 2.83. The second kappa shape index (κ2) is 7.73. The Balaban J connectivity index is 1.46. The molecule has 2 heterocycles. The van der Waals surface area contributed by atoms with Crippen LogP contribution in [0.2, 0.25) is 0 Å². The van der Waals surface area contributed by atoms with Crippen LogP contribution < -0.4 is 15.7 Å². The molecular weight excluding hydrogens is 308 g/mol. The van der Waals surface area contributed by atoms with Crippen molar-refractivity contribution >= 4 is 6.03 Å². The van der Waals surface area contributed by atoms with Gasteiger partial charge in [-0.15, -0.1) is 0 Å². The molecule has 0 unspecified atom stereocenters. The maximum atomic E-state index is 12.3. The lowest BCUT2D eigenvalue weighted by atomic mass is 9.96. The Morgan fingerprint density at radius 2 is 1.88 bits per heavy atom. The normalized spacial score (nSPS) is 20.0. The standard InChI is InChI=1S/C18H26N2O4/c1-13-11-16(12-17(21)23-13)24-15-7-9-20(10-8-15)18(22)19-14-5-3-2-4-6-14/h11-12,14-15H,2-10H2,1H3,(H,19,22). The number of amides is 2. The number of piperidine rings is 1. The van der Waals surface area contributed by atoms with Gasteiger partial charge < -0.3 is 19.4 Å². The van der Waals surface area contributed by atoms with Crippen LogP contribution in [-0.4, -0.2) is 36.2 Å². The second-order valence-corrected chi connectivity index (χ2v) is 6.81. The summed E-state index contributed by atoms with van der Waals surface area (Å²) in [5.41, 5.74) is -0.394. The van der Waals surface area contributed by atoms with Crippen LogP contribution in [0.5, 0.6) is 5.75 Å². The van der Waals surface area contributed by atoms with E-state index in [1.807, 2.05) is 4.90 Å². The summed E-state index contributed by atoms with van der Waals surface area (Å²) in [5, 5.41) is 3.16. The number of hydrogen-bond donors (Lipinski definition) is 1. The van der Waals surface area contributed by atoms with Gasteiger partial charge in [-0.1, -0.05) is 19.3 Å². The highest BCUT2D eigenvalue weighted by atomic mass is 16.5. The minimum atomic E-state index is -0.394. The number of rotatable bonds is 3. The second-order valence-electron chi connectivity index (χ2n) is 6.81. The minimum absolute atomic E-state index is 0.0323. The van der Waals surface area contributed by atoms with E-state index in [9.17, 15) is 9.59 Å². The van der Waals surface area contributed by atoms with Gasteiger partial charge in [0, 0.05) is 38.0 Å². The smallest absolute Gasteiger partial charge is 0.339 e. The van der Waals surface area contributed by atoms with Gasteiger partial charge in [-0.25, -0.2) is 9.59 Å². The third-order valence-electron chi connectivity index (χ3n) is 4.83. The average Bonchev–Trinajstić information content (AvgIpc) is 2.55. The van der Waals surface area contributed by atoms with Crippen molar-refractivity contribution in [1.82, 2.24) is 10.2 Å². The molecule has 0 radical (unpaired) electrons. The highest BCUT2D eigenvalue weighted by molar-refractivity contribution is 5.74. The van der Waals surface area contributed by atoms with E-state index in [0.29, 0.717) is 30.6 Å². The number of urea groups is 1. The van der Waals surface area contributed by atoms with Crippen LogP contribution in [-0.2, 0) is 0 Å². The van der Waals surface area contributed by atoms with Crippen LogP contribution in [0.1, 0.15) is 50.7 Å². The highest BCUT2D eigenvalue weighted by Crippen LogP contribution is 2.20. The van der Waals surface area contributed by atoms with Gasteiger partial charge in [0.2, 0.25) is 0 Å². The zero-order valence-corrected chi connectivity index (χ0v) is 14.3. The molecule has 0 aromatic carbocycles. The number of carbonyl (C=O) groups excluding carboxylic acids is 1. The van der Waals surface area contributed by atoms with Crippen molar-refractivity contribution in [3.05, 3.63) is 28.3 Å². The molecule has 1 aromatic rings. The number of aryl methyl sites for hydroxylation is 1. The van der Waals surface area contributed by atoms with E-state index >= 15 is 0 Å². The molecule has 1 N–H and O–H groups in total. The van der Waals surface area contributed by atoms with Gasteiger partial charge in [0.15, 0.2) is 0 Å². The molecule has 0 bridgehead atoms. The zero-order valence-electron chi connectivity index (χ0n) is 14.3. The summed E-state index contributed by atoms with van der Waals surface area (Å²) in [4.78, 5) is 25.6. The first-order valence-corrected chi connectivity index (χ1v) is 8.94. The summed E-state index contributed by atoms with van der Waals surface area (Å²) in [5.74, 6) is 1.09. The lowest BCUT2D eigenvalue weighted by Gasteiger charge is -2.34. The SMILES string of the molecule is Cc1cc(OC2CCN(C(=O)NC3CCCCC3)CC2)cc(=O)o1. The van der Waals surface area contributed by atoms with Crippen molar-refractivity contribution in [2.75, 3.05) is 13.1 Å². The first kappa shape index (κ1) is 16.9. The van der Waals surface area contributed by atoms with Crippen LogP contribution in [0.3, 0.4) is 0 Å². The van der Waals surface area contributed by atoms with Crippen molar-refractivity contribution in [3.63, 3.8) is 0 Å². The van der Waals surface area contributed by atoms with Gasteiger partial charge in [-0.05, 0) is 19.8 Å². The number of likely N-dealkylation sites (tertiary alicyclic amines) is 1. The Morgan fingerprint density at radius 1 is 1.17 bits per heavy atom. The fraction of sp³-hybridized carbons (Fsp3) is 0.667. The summed E-state index contributed by atoms with van der Waals surface area (Å²) >= 11 is 0. The minimum Gasteiger partial charge on any atom is -0.490 e. The maximum absolute atomic E-state index is 12.3. The van der Waals surface area contributed by atoms with E-state index in [1.165, 1.54) is 25.3 Å². The molecule has 3 rings (SSSR count). The molecule has 1 aromatic heterocycles. The topological polar surface area (TPSA) is 71.8 Å². The van der Waals surface area contributed by atoms with Gasteiger partial charge in [-0.3, -0.25) is 0 Å². The molecule has 24 heavy (non-hydrogen) atoms. The average molecular weight is 334 g/mol. The molecule has 6 heteroatoms. The van der Waals surface area contributed by atoms with Crippen LogP contribution in [0.4, 0.5) is 4.79 Å². The van der Waals surface area contributed by atoms with E-state index in [2.05, 4.69) is 5.32 Å². The summed E-state index contributed by atoms with van der Waals surface area (Å²) in [7, 11) is 0. The fourth-order valence-electron chi connectivity index (χ4n) is 3.53. The monoisotopic (exact) mass is 334 g/mol. The zero-order chi connectivity index (χ0) is 16.9. The predicted molar refractivity (Wildman–Crippen MR) is 90.3 cm³/mol. The molecule has 1 saturated carbocycles. The number of carbonyl (C=O) groups is 1. The molecule has 2 aliphatic rings. The van der Waals surface area contributed by atoms with Crippen molar-refractivity contribution in [2.45, 2.75) is 64.0 Å². The Morgan fingerprint density at radius 3 is 2.54 bits per heavy atom. The molecule has 6 nitrogen and oxygen atoms in total. The number of ether oxygens (including phenoxy) is 1. The van der Waals surface area contributed by atoms with Crippen LogP contribution in [0, 0.1) is 6.92 Å². The molecule has 132 valence electrons. The van der Waals surface area contributed by atoms with Crippen LogP contribution in [0.15, 0.2) is 21.3 Å². The van der Waals surface area contributed by atoms with Gasteiger partial charge in [-0.2, -0.15) is 0 Å². The molecule has 1 aliphatic carbocycles. The largest absolute Gasteiger partial charge is 0.490 e. The molecule has 2 amide bonds. The van der Waals surface area contributed by atoms with Gasteiger partial charge in [0.25, 0.3) is 0 Å². The number of nitrogens with one attached hydrogen (secondary N) is 1. The quantitative estimate of drug-likeness (QED) is 0.922. The molecule has 1 saturated heterocycles. The summed E-state index contributed by atoms with van der Waals surface area (Å²) in [6, 6.07) is 3.49. The molecule has 1 aliphatic heterocycles. The van der Waals surface area contributed by atoms with Crippen LogP contribution >= 0.6 is 0 Å². The van der Waals surface area contributed by atoms with E-state index in [1.54, 1.807) is 13.0 Å². The third kappa shape index (κ3) is 4.52. The first-order chi connectivity index (χ1) is 11.6. The van der Waals surface area contributed by atoms with Crippen molar-refractivity contribution < 1.29 is 13.9 Å². The van der Waals surface area contributed by atoms with Crippen LogP contribution in [0.25, 0.3) is 0 Å². The fourth-order valence-corrected chi connectivity index (χ4v) is 3.53. The summed E-state index contributed by atoms with van der Waals surface area (Å²) in [6.45, 7) is 3.10. The van der Waals surface area contributed by atoms with Gasteiger partial charge >= 0.3 is 11.7 Å². The van der Waals surface area contributed by atoms with Crippen molar-refractivity contribution in [3.8, 4) is 5.75 Å². The van der Waals surface area contributed by atoms with Gasteiger partial charge in [0.05, 0.1) is 6.07 Å². The molecule has 0 spiro atoms. The van der Waals surface area contributed by atoms with E-state index in [0.717, 1.165) is 25.7 Å². The first-order valence-electron chi connectivity index (χ1n) is 8.94. The summed E-state index contributed by atoms with van der Waals surface area (Å²) < 4.78 is 10.8. The Kier molecular flexibility index (Phi) is 5.43. The Hall–Kier alpha value is -1.98. The lowest BCUT2D eigenvalue weighted by Crippen LogP contribution is -2.49.